The van der Waals surface area contributed by atoms with Crippen molar-refractivity contribution < 1.29 is 0 Å². The van der Waals surface area contributed by atoms with Gasteiger partial charge in [-0.3, -0.25) is 0 Å². The standard InChI is InChI=1S/C12H9ClN6/c13-6-9-7-14-12(15-8-9)19-17-11(16-18-19)10-4-2-1-3-5-10/h1-5,7-8H,6H2. The SMILES string of the molecule is ClCc1cnc(-n2nnc(-c3ccccc3)n2)nc1. The number of hydrogen-bond acceptors (Lipinski definition) is 5. The van der Waals surface area contributed by atoms with Gasteiger partial charge in [0, 0.05) is 23.5 Å². The third-order valence-electron chi connectivity index (χ3n) is 2.47. The largest absolute Gasteiger partial charge is 0.270 e. The van der Waals surface area contributed by atoms with Gasteiger partial charge >= 0.3 is 0 Å². The molecule has 1 aromatic carbocycles. The lowest BCUT2D eigenvalue weighted by Crippen LogP contribution is -2.05. The van der Waals surface area contributed by atoms with Crippen molar-refractivity contribution in [3.05, 3.63) is 48.3 Å². The predicted molar refractivity (Wildman–Crippen MR) is 69.7 cm³/mol. The summed E-state index contributed by atoms with van der Waals surface area (Å²) in [7, 11) is 0. The minimum atomic E-state index is 0.364. The van der Waals surface area contributed by atoms with Gasteiger partial charge in [-0.1, -0.05) is 35.1 Å². The first kappa shape index (κ1) is 11.7. The smallest absolute Gasteiger partial charge is 0.218 e. The van der Waals surface area contributed by atoms with Crippen LogP contribution >= 0.6 is 11.6 Å². The Kier molecular flexibility index (Phi) is 3.16. The molecule has 0 atom stereocenters. The third kappa shape index (κ3) is 2.43. The Labute approximate surface area is 114 Å². The molecule has 0 bridgehead atoms. The van der Waals surface area contributed by atoms with Gasteiger partial charge in [0.05, 0.1) is 5.88 Å². The summed E-state index contributed by atoms with van der Waals surface area (Å²) in [6, 6.07) is 9.60. The van der Waals surface area contributed by atoms with Crippen LogP contribution in [0.5, 0.6) is 0 Å². The molecule has 94 valence electrons. The lowest BCUT2D eigenvalue weighted by atomic mass is 10.2. The average Bonchev–Trinajstić information content (AvgIpc) is 2.98. The summed E-state index contributed by atoms with van der Waals surface area (Å²) >= 11 is 5.68. The second kappa shape index (κ2) is 5.11. The van der Waals surface area contributed by atoms with Crippen LogP contribution in [0.25, 0.3) is 17.3 Å². The van der Waals surface area contributed by atoms with E-state index in [1.54, 1.807) is 12.4 Å². The van der Waals surface area contributed by atoms with Gasteiger partial charge in [-0.15, -0.1) is 21.8 Å². The van der Waals surface area contributed by atoms with Crippen molar-refractivity contribution in [3.8, 4) is 17.3 Å². The molecule has 0 aliphatic heterocycles. The second-order valence-electron chi connectivity index (χ2n) is 3.79. The van der Waals surface area contributed by atoms with Gasteiger partial charge in [-0.05, 0) is 5.21 Å². The molecule has 19 heavy (non-hydrogen) atoms. The number of nitrogens with zero attached hydrogens (tertiary/aromatic N) is 6. The Morgan fingerprint density at radius 1 is 1.05 bits per heavy atom. The van der Waals surface area contributed by atoms with Crippen LogP contribution in [0.1, 0.15) is 5.56 Å². The molecule has 0 aliphatic rings. The van der Waals surface area contributed by atoms with E-state index < -0.39 is 0 Å². The zero-order chi connectivity index (χ0) is 13.1. The maximum absolute atomic E-state index is 5.68. The molecule has 0 spiro atoms. The van der Waals surface area contributed by atoms with E-state index in [1.165, 1.54) is 4.80 Å². The monoisotopic (exact) mass is 272 g/mol. The van der Waals surface area contributed by atoms with Gasteiger partial charge < -0.3 is 0 Å². The Morgan fingerprint density at radius 3 is 2.47 bits per heavy atom. The number of tetrazole rings is 1. The molecular weight excluding hydrogens is 264 g/mol. The molecule has 0 unspecified atom stereocenters. The maximum Gasteiger partial charge on any atom is 0.270 e. The van der Waals surface area contributed by atoms with Crippen LogP contribution in [0.4, 0.5) is 0 Å². The van der Waals surface area contributed by atoms with Gasteiger partial charge in [-0.2, -0.15) is 0 Å². The summed E-state index contributed by atoms with van der Waals surface area (Å²) in [4.78, 5) is 9.55. The number of halogens is 1. The van der Waals surface area contributed by atoms with Crippen LogP contribution in [-0.2, 0) is 5.88 Å². The van der Waals surface area contributed by atoms with Crippen LogP contribution in [0.2, 0.25) is 0 Å². The maximum atomic E-state index is 5.68. The fourth-order valence-electron chi connectivity index (χ4n) is 1.52. The summed E-state index contributed by atoms with van der Waals surface area (Å²) in [6.45, 7) is 0. The van der Waals surface area contributed by atoms with Crippen molar-refractivity contribution in [2.24, 2.45) is 0 Å². The number of rotatable bonds is 3. The molecule has 3 aromatic rings. The first-order valence-corrected chi connectivity index (χ1v) is 6.13. The molecule has 6 nitrogen and oxygen atoms in total. The summed E-state index contributed by atoms with van der Waals surface area (Å²) < 4.78 is 0. The lowest BCUT2D eigenvalue weighted by molar-refractivity contribution is 0.677. The summed E-state index contributed by atoms with van der Waals surface area (Å²) in [5.74, 6) is 1.27. The van der Waals surface area contributed by atoms with Gasteiger partial charge in [-0.25, -0.2) is 9.97 Å². The highest BCUT2D eigenvalue weighted by atomic mass is 35.5. The Balaban J connectivity index is 1.92. The molecule has 0 aliphatic carbocycles. The summed E-state index contributed by atoms with van der Waals surface area (Å²) in [6.07, 6.45) is 3.28. The van der Waals surface area contributed by atoms with E-state index >= 15 is 0 Å². The van der Waals surface area contributed by atoms with Gasteiger partial charge in [0.15, 0.2) is 0 Å². The van der Waals surface area contributed by atoms with Crippen molar-refractivity contribution in [1.29, 1.82) is 0 Å². The van der Waals surface area contributed by atoms with Gasteiger partial charge in [0.1, 0.15) is 0 Å². The normalized spacial score (nSPS) is 10.6. The van der Waals surface area contributed by atoms with Crippen molar-refractivity contribution in [1.82, 2.24) is 30.2 Å². The molecule has 0 saturated heterocycles. The lowest BCUT2D eigenvalue weighted by Gasteiger charge is -1.97. The minimum absolute atomic E-state index is 0.364. The molecular formula is C12H9ClN6. The molecule has 7 heteroatoms. The number of alkyl halides is 1. The second-order valence-corrected chi connectivity index (χ2v) is 4.06. The predicted octanol–water partition coefficient (Wildman–Crippen LogP) is 1.86. The van der Waals surface area contributed by atoms with E-state index in [1.807, 2.05) is 30.3 Å². The van der Waals surface area contributed by atoms with Crippen LogP contribution in [-0.4, -0.2) is 30.2 Å². The van der Waals surface area contributed by atoms with Crippen molar-refractivity contribution >= 4 is 11.6 Å². The number of benzene rings is 1. The zero-order valence-corrected chi connectivity index (χ0v) is 10.6. The first-order chi connectivity index (χ1) is 9.36. The number of hydrogen-bond donors (Lipinski definition) is 0. The molecule has 3 rings (SSSR count). The third-order valence-corrected chi connectivity index (χ3v) is 2.78. The van der Waals surface area contributed by atoms with Gasteiger partial charge in [0.25, 0.3) is 5.95 Å². The molecule has 0 amide bonds. The number of aromatic nitrogens is 6. The molecule has 0 saturated carbocycles. The van der Waals surface area contributed by atoms with Crippen LogP contribution < -0.4 is 0 Å². The van der Waals surface area contributed by atoms with E-state index in [4.69, 9.17) is 11.6 Å². The minimum Gasteiger partial charge on any atom is -0.218 e. The van der Waals surface area contributed by atoms with E-state index in [0.29, 0.717) is 17.7 Å². The molecule has 2 aromatic heterocycles. The fraction of sp³-hybridized carbons (Fsp3) is 0.0833. The Bertz CT molecular complexity index is 664. The Hall–Kier alpha value is -2.34. The summed E-state index contributed by atoms with van der Waals surface area (Å²) in [5.41, 5.74) is 1.74. The van der Waals surface area contributed by atoms with Crippen LogP contribution in [0.15, 0.2) is 42.7 Å². The first-order valence-electron chi connectivity index (χ1n) is 5.59. The zero-order valence-electron chi connectivity index (χ0n) is 9.81. The molecule has 2 heterocycles. The topological polar surface area (TPSA) is 69.4 Å². The Morgan fingerprint density at radius 2 is 1.79 bits per heavy atom. The highest BCUT2D eigenvalue weighted by Crippen LogP contribution is 2.12. The van der Waals surface area contributed by atoms with E-state index in [9.17, 15) is 0 Å². The van der Waals surface area contributed by atoms with Crippen molar-refractivity contribution in [2.45, 2.75) is 5.88 Å². The average molecular weight is 273 g/mol. The quantitative estimate of drug-likeness (QED) is 0.681. The van der Waals surface area contributed by atoms with Crippen molar-refractivity contribution in [2.75, 3.05) is 0 Å². The molecule has 0 N–H and O–H groups in total. The van der Waals surface area contributed by atoms with Crippen LogP contribution in [0.3, 0.4) is 0 Å². The molecule has 0 fully saturated rings. The van der Waals surface area contributed by atoms with Crippen molar-refractivity contribution in [3.63, 3.8) is 0 Å². The summed E-state index contributed by atoms with van der Waals surface area (Å²) in [5, 5.41) is 12.2. The fourth-order valence-corrected chi connectivity index (χ4v) is 1.66. The highest BCUT2D eigenvalue weighted by molar-refractivity contribution is 6.17. The molecule has 0 radical (unpaired) electrons. The van der Waals surface area contributed by atoms with Crippen LogP contribution in [0, 0.1) is 0 Å². The van der Waals surface area contributed by atoms with E-state index in [-0.39, 0.29) is 0 Å². The highest BCUT2D eigenvalue weighted by Gasteiger charge is 2.08. The van der Waals surface area contributed by atoms with E-state index in [0.717, 1.165) is 11.1 Å². The van der Waals surface area contributed by atoms with E-state index in [2.05, 4.69) is 25.4 Å². The van der Waals surface area contributed by atoms with Gasteiger partial charge in [0.2, 0.25) is 5.82 Å².